The minimum atomic E-state index is -0.337. The molecule has 0 radical (unpaired) electrons. The van der Waals surface area contributed by atoms with Crippen LogP contribution < -0.4 is 0 Å². The normalized spacial score (nSPS) is 49.8. The molecule has 4 aliphatic rings. The Morgan fingerprint density at radius 3 is 2.79 bits per heavy atom. The molecule has 3 heteroatoms. The van der Waals surface area contributed by atoms with E-state index in [2.05, 4.69) is 19.9 Å². The highest BCUT2D eigenvalue weighted by Crippen LogP contribution is 2.70. The van der Waals surface area contributed by atoms with Gasteiger partial charge in [0, 0.05) is 6.61 Å². The Bertz CT molecular complexity index is 582. The maximum Gasteiger partial charge on any atom is 0.311 e. The number of carbonyl (C=O) groups is 1. The summed E-state index contributed by atoms with van der Waals surface area (Å²) >= 11 is 0. The summed E-state index contributed by atoms with van der Waals surface area (Å²) in [6.07, 6.45) is 11.7. The lowest BCUT2D eigenvalue weighted by Crippen LogP contribution is -2.54. The second kappa shape index (κ2) is 5.33. The molecule has 1 spiro atoms. The van der Waals surface area contributed by atoms with Crippen LogP contribution >= 0.6 is 0 Å². The van der Waals surface area contributed by atoms with Crippen molar-refractivity contribution >= 4 is 5.97 Å². The van der Waals surface area contributed by atoms with E-state index in [0.29, 0.717) is 29.8 Å². The molecule has 24 heavy (non-hydrogen) atoms. The van der Waals surface area contributed by atoms with Crippen molar-refractivity contribution in [3.63, 3.8) is 0 Å². The molecule has 0 heterocycles. The van der Waals surface area contributed by atoms with Gasteiger partial charge in [-0.3, -0.25) is 4.79 Å². The van der Waals surface area contributed by atoms with Gasteiger partial charge in [-0.15, -0.1) is 0 Å². The molecule has 0 amide bonds. The van der Waals surface area contributed by atoms with E-state index in [1.54, 1.807) is 5.57 Å². The molecule has 1 unspecified atom stereocenters. The molecular formula is C21H32O3. The van der Waals surface area contributed by atoms with Crippen molar-refractivity contribution < 1.29 is 14.6 Å². The number of esters is 1. The highest BCUT2D eigenvalue weighted by Gasteiger charge is 2.63. The van der Waals surface area contributed by atoms with Gasteiger partial charge in [-0.05, 0) is 80.5 Å². The Labute approximate surface area is 145 Å². The van der Waals surface area contributed by atoms with Crippen LogP contribution in [-0.2, 0) is 9.53 Å². The maximum absolute atomic E-state index is 12.6. The molecule has 0 saturated heterocycles. The average molecular weight is 332 g/mol. The summed E-state index contributed by atoms with van der Waals surface area (Å²) in [5.74, 6) is 1.54. The summed E-state index contributed by atoms with van der Waals surface area (Å²) in [5, 5.41) is 9.80. The van der Waals surface area contributed by atoms with Crippen LogP contribution in [0.15, 0.2) is 11.6 Å². The SMILES string of the molecule is COC(=O)[C@]1(C)CCC[C@@]2(C)C3=CC[C@H]4C[C@@]3(CC[C@H]12)CC4CO. The van der Waals surface area contributed by atoms with E-state index in [-0.39, 0.29) is 16.8 Å². The Balaban J connectivity index is 1.74. The predicted octanol–water partition coefficient (Wildman–Crippen LogP) is 4.10. The zero-order valence-electron chi connectivity index (χ0n) is 15.4. The lowest BCUT2D eigenvalue weighted by molar-refractivity contribution is -0.165. The van der Waals surface area contributed by atoms with Gasteiger partial charge in [0.2, 0.25) is 0 Å². The van der Waals surface area contributed by atoms with Crippen LogP contribution in [-0.4, -0.2) is 24.8 Å². The van der Waals surface area contributed by atoms with Crippen LogP contribution in [0, 0.1) is 34.0 Å². The molecule has 1 N–H and O–H groups in total. The van der Waals surface area contributed by atoms with E-state index in [1.165, 1.54) is 26.4 Å². The van der Waals surface area contributed by atoms with Crippen LogP contribution in [0.3, 0.4) is 0 Å². The Morgan fingerprint density at radius 1 is 1.29 bits per heavy atom. The number of hydrogen-bond acceptors (Lipinski definition) is 3. The number of fused-ring (bicyclic) bond motifs is 3. The summed E-state index contributed by atoms with van der Waals surface area (Å²) in [4.78, 5) is 12.6. The van der Waals surface area contributed by atoms with Crippen molar-refractivity contribution in [3.8, 4) is 0 Å². The Kier molecular flexibility index (Phi) is 3.69. The molecule has 2 bridgehead atoms. The van der Waals surface area contributed by atoms with Gasteiger partial charge in [0.05, 0.1) is 12.5 Å². The molecule has 3 saturated carbocycles. The topological polar surface area (TPSA) is 46.5 Å². The van der Waals surface area contributed by atoms with E-state index >= 15 is 0 Å². The van der Waals surface area contributed by atoms with Crippen LogP contribution in [0.2, 0.25) is 0 Å². The van der Waals surface area contributed by atoms with Gasteiger partial charge in [-0.2, -0.15) is 0 Å². The van der Waals surface area contributed by atoms with E-state index in [0.717, 1.165) is 32.1 Å². The monoisotopic (exact) mass is 332 g/mol. The van der Waals surface area contributed by atoms with Crippen molar-refractivity contribution in [2.45, 2.75) is 65.2 Å². The first-order valence-corrected chi connectivity index (χ1v) is 9.80. The fourth-order valence-corrected chi connectivity index (χ4v) is 7.53. The summed E-state index contributed by atoms with van der Waals surface area (Å²) < 4.78 is 5.23. The molecule has 0 aliphatic heterocycles. The molecule has 4 rings (SSSR count). The molecule has 0 aromatic carbocycles. The van der Waals surface area contributed by atoms with Crippen molar-refractivity contribution in [3.05, 3.63) is 11.6 Å². The van der Waals surface area contributed by atoms with E-state index < -0.39 is 0 Å². The standard InChI is InChI=1S/C21H32O3/c1-19-8-4-9-20(2,18(23)24-3)16(19)7-10-21-11-14(5-6-17(19)21)15(12-21)13-22/h6,14-16,22H,4-5,7-13H2,1-3H3/t14-,15?,16-,19+,20+,21-/m0/s1. The van der Waals surface area contributed by atoms with Crippen molar-refractivity contribution in [2.75, 3.05) is 13.7 Å². The van der Waals surface area contributed by atoms with Gasteiger partial charge >= 0.3 is 5.97 Å². The molecule has 0 aromatic heterocycles. The third kappa shape index (κ3) is 1.97. The second-order valence-electron chi connectivity index (χ2n) is 9.52. The fraction of sp³-hybridized carbons (Fsp3) is 0.857. The lowest BCUT2D eigenvalue weighted by atomic mass is 9.44. The number of aliphatic hydroxyl groups is 1. The largest absolute Gasteiger partial charge is 0.469 e. The molecule has 0 aromatic rings. The number of hydrogen-bond donors (Lipinski definition) is 1. The first kappa shape index (κ1) is 16.6. The van der Waals surface area contributed by atoms with E-state index in [1.807, 2.05) is 0 Å². The number of rotatable bonds is 2. The van der Waals surface area contributed by atoms with Crippen LogP contribution in [0.1, 0.15) is 65.2 Å². The van der Waals surface area contributed by atoms with Crippen molar-refractivity contribution in [1.29, 1.82) is 0 Å². The van der Waals surface area contributed by atoms with Gasteiger partial charge in [0.25, 0.3) is 0 Å². The van der Waals surface area contributed by atoms with Crippen molar-refractivity contribution in [1.82, 2.24) is 0 Å². The zero-order valence-corrected chi connectivity index (χ0v) is 15.4. The van der Waals surface area contributed by atoms with E-state index in [9.17, 15) is 9.90 Å². The summed E-state index contributed by atoms with van der Waals surface area (Å²) in [7, 11) is 1.54. The smallest absolute Gasteiger partial charge is 0.311 e. The number of allylic oxidation sites excluding steroid dienone is 2. The molecule has 3 fully saturated rings. The van der Waals surface area contributed by atoms with Crippen molar-refractivity contribution in [2.24, 2.45) is 34.0 Å². The average Bonchev–Trinajstić information content (AvgIpc) is 2.84. The molecule has 3 nitrogen and oxygen atoms in total. The number of methoxy groups -OCH3 is 1. The number of ether oxygens (including phenoxy) is 1. The summed E-state index contributed by atoms with van der Waals surface area (Å²) in [6, 6.07) is 0. The predicted molar refractivity (Wildman–Crippen MR) is 93.2 cm³/mol. The highest BCUT2D eigenvalue weighted by atomic mass is 16.5. The molecule has 6 atom stereocenters. The lowest BCUT2D eigenvalue weighted by Gasteiger charge is -2.60. The van der Waals surface area contributed by atoms with Gasteiger partial charge in [0.15, 0.2) is 0 Å². The minimum Gasteiger partial charge on any atom is -0.469 e. The Hall–Kier alpha value is -0.830. The van der Waals surface area contributed by atoms with E-state index in [4.69, 9.17) is 4.74 Å². The third-order valence-corrected chi connectivity index (χ3v) is 8.51. The third-order valence-electron chi connectivity index (χ3n) is 8.51. The van der Waals surface area contributed by atoms with Gasteiger partial charge in [-0.1, -0.05) is 25.0 Å². The van der Waals surface area contributed by atoms with Gasteiger partial charge in [0.1, 0.15) is 0 Å². The minimum absolute atomic E-state index is 0.0108. The molecule has 4 aliphatic carbocycles. The number of carbonyl (C=O) groups excluding carboxylic acids is 1. The quantitative estimate of drug-likeness (QED) is 0.612. The molecule has 134 valence electrons. The maximum atomic E-state index is 12.6. The first-order valence-electron chi connectivity index (χ1n) is 9.80. The number of aliphatic hydroxyl groups excluding tert-OH is 1. The first-order chi connectivity index (χ1) is 11.4. The second-order valence-corrected chi connectivity index (χ2v) is 9.52. The van der Waals surface area contributed by atoms with Gasteiger partial charge in [-0.25, -0.2) is 0 Å². The Morgan fingerprint density at radius 2 is 2.08 bits per heavy atom. The fourth-order valence-electron chi connectivity index (χ4n) is 7.53. The van der Waals surface area contributed by atoms with Crippen LogP contribution in [0.25, 0.3) is 0 Å². The van der Waals surface area contributed by atoms with Gasteiger partial charge < -0.3 is 9.84 Å². The summed E-state index contributed by atoms with van der Waals surface area (Å²) in [5.41, 5.74) is 1.76. The summed E-state index contributed by atoms with van der Waals surface area (Å²) in [6.45, 7) is 4.92. The van der Waals surface area contributed by atoms with Crippen LogP contribution in [0.5, 0.6) is 0 Å². The van der Waals surface area contributed by atoms with Crippen LogP contribution in [0.4, 0.5) is 0 Å². The molecular weight excluding hydrogens is 300 g/mol. The zero-order chi connectivity index (χ0) is 17.2. The highest BCUT2D eigenvalue weighted by molar-refractivity contribution is 5.77.